The van der Waals surface area contributed by atoms with Gasteiger partial charge < -0.3 is 14.8 Å². The number of hydrogen-bond donors (Lipinski definition) is 1. The van der Waals surface area contributed by atoms with Crippen LogP contribution >= 0.6 is 0 Å². The van der Waals surface area contributed by atoms with Crippen molar-refractivity contribution in [1.29, 1.82) is 0 Å². The highest BCUT2D eigenvalue weighted by Gasteiger charge is 2.14. The molecule has 0 fully saturated rings. The molecule has 0 spiro atoms. The normalized spacial score (nSPS) is 12.0. The molecule has 1 N–H and O–H groups in total. The highest BCUT2D eigenvalue weighted by atomic mass is 16.5. The predicted octanol–water partition coefficient (Wildman–Crippen LogP) is 1.83. The van der Waals surface area contributed by atoms with Crippen LogP contribution in [-0.2, 0) is 9.53 Å². The Bertz CT molecular complexity index is 384. The first-order valence-electron chi connectivity index (χ1n) is 6.04. The molecule has 1 aromatic rings. The Labute approximate surface area is 108 Å². The fourth-order valence-corrected chi connectivity index (χ4v) is 1.68. The van der Waals surface area contributed by atoms with Crippen LogP contribution in [0.5, 0.6) is 5.75 Å². The highest BCUT2D eigenvalue weighted by molar-refractivity contribution is 5.80. The summed E-state index contributed by atoms with van der Waals surface area (Å²) in [5.74, 6) is 0.591. The fraction of sp³-hybridized carbons (Fsp3) is 0.500. The minimum atomic E-state index is -0.511. The zero-order valence-electron chi connectivity index (χ0n) is 11.4. The van der Waals surface area contributed by atoms with Gasteiger partial charge in [-0.1, -0.05) is 6.07 Å². The molecule has 0 radical (unpaired) electrons. The van der Waals surface area contributed by atoms with Crippen LogP contribution in [0.2, 0.25) is 0 Å². The Morgan fingerprint density at radius 2 is 1.89 bits per heavy atom. The average Bonchev–Trinajstić information content (AvgIpc) is 2.27. The second-order valence-corrected chi connectivity index (χ2v) is 4.37. The SMILES string of the molecule is COCCNC(=O)C(C)Oc1cc(C)cc(C)c1. The summed E-state index contributed by atoms with van der Waals surface area (Å²) < 4.78 is 10.5. The van der Waals surface area contributed by atoms with E-state index in [4.69, 9.17) is 9.47 Å². The van der Waals surface area contributed by atoms with E-state index in [0.29, 0.717) is 13.2 Å². The van der Waals surface area contributed by atoms with E-state index in [1.54, 1.807) is 14.0 Å². The van der Waals surface area contributed by atoms with Gasteiger partial charge in [-0.15, -0.1) is 0 Å². The van der Waals surface area contributed by atoms with Gasteiger partial charge in [-0.25, -0.2) is 0 Å². The number of methoxy groups -OCH3 is 1. The second kappa shape index (κ2) is 7.01. The number of aryl methyl sites for hydroxylation is 2. The maximum atomic E-state index is 11.7. The van der Waals surface area contributed by atoms with Gasteiger partial charge in [-0.3, -0.25) is 4.79 Å². The van der Waals surface area contributed by atoms with Gasteiger partial charge in [0.2, 0.25) is 0 Å². The summed E-state index contributed by atoms with van der Waals surface area (Å²) in [5.41, 5.74) is 2.24. The largest absolute Gasteiger partial charge is 0.481 e. The van der Waals surface area contributed by atoms with Crippen molar-refractivity contribution >= 4 is 5.91 Å². The van der Waals surface area contributed by atoms with Gasteiger partial charge in [-0.05, 0) is 44.0 Å². The van der Waals surface area contributed by atoms with Crippen LogP contribution < -0.4 is 10.1 Å². The van der Waals surface area contributed by atoms with Crippen molar-refractivity contribution in [2.45, 2.75) is 26.9 Å². The van der Waals surface area contributed by atoms with Gasteiger partial charge in [0.25, 0.3) is 5.91 Å². The van der Waals surface area contributed by atoms with Gasteiger partial charge >= 0.3 is 0 Å². The number of carbonyl (C=O) groups excluding carboxylic acids is 1. The van der Waals surface area contributed by atoms with Gasteiger partial charge in [0.05, 0.1) is 6.61 Å². The van der Waals surface area contributed by atoms with Crippen LogP contribution in [0.1, 0.15) is 18.1 Å². The Morgan fingerprint density at radius 1 is 1.28 bits per heavy atom. The Kier molecular flexibility index (Phi) is 5.65. The summed E-state index contributed by atoms with van der Waals surface area (Å²) in [6, 6.07) is 5.91. The first-order valence-corrected chi connectivity index (χ1v) is 6.04. The molecule has 0 saturated carbocycles. The monoisotopic (exact) mass is 251 g/mol. The zero-order chi connectivity index (χ0) is 13.5. The standard InChI is InChI=1S/C14H21NO3/c1-10-7-11(2)9-13(8-10)18-12(3)14(16)15-5-6-17-4/h7-9,12H,5-6H2,1-4H3,(H,15,16). The van der Waals surface area contributed by atoms with Crippen molar-refractivity contribution < 1.29 is 14.3 Å². The lowest BCUT2D eigenvalue weighted by Gasteiger charge is -2.15. The van der Waals surface area contributed by atoms with Crippen molar-refractivity contribution in [3.05, 3.63) is 29.3 Å². The maximum Gasteiger partial charge on any atom is 0.260 e. The van der Waals surface area contributed by atoms with Crippen molar-refractivity contribution in [2.75, 3.05) is 20.3 Å². The van der Waals surface area contributed by atoms with E-state index in [2.05, 4.69) is 11.4 Å². The number of rotatable bonds is 6. The van der Waals surface area contributed by atoms with Gasteiger partial charge in [0.1, 0.15) is 5.75 Å². The first kappa shape index (κ1) is 14.5. The minimum Gasteiger partial charge on any atom is -0.481 e. The summed E-state index contributed by atoms with van der Waals surface area (Å²) >= 11 is 0. The second-order valence-electron chi connectivity index (χ2n) is 4.37. The molecule has 1 rings (SSSR count). The first-order chi connectivity index (χ1) is 8.52. The van der Waals surface area contributed by atoms with Crippen LogP contribution in [0.4, 0.5) is 0 Å². The molecule has 0 aliphatic heterocycles. The fourth-order valence-electron chi connectivity index (χ4n) is 1.68. The van der Waals surface area contributed by atoms with Crippen LogP contribution in [0.25, 0.3) is 0 Å². The lowest BCUT2D eigenvalue weighted by atomic mass is 10.1. The number of amides is 1. The molecule has 100 valence electrons. The summed E-state index contributed by atoms with van der Waals surface area (Å²) in [6.07, 6.45) is -0.511. The third-order valence-corrected chi connectivity index (χ3v) is 2.48. The molecular weight excluding hydrogens is 230 g/mol. The van der Waals surface area contributed by atoms with E-state index in [9.17, 15) is 4.79 Å². The topological polar surface area (TPSA) is 47.6 Å². The van der Waals surface area contributed by atoms with E-state index in [-0.39, 0.29) is 5.91 Å². The van der Waals surface area contributed by atoms with E-state index < -0.39 is 6.10 Å². The molecule has 0 heterocycles. The molecule has 0 aliphatic carbocycles. The highest BCUT2D eigenvalue weighted by Crippen LogP contribution is 2.17. The molecule has 18 heavy (non-hydrogen) atoms. The van der Waals surface area contributed by atoms with Gasteiger partial charge in [0, 0.05) is 13.7 Å². The zero-order valence-corrected chi connectivity index (χ0v) is 11.4. The Morgan fingerprint density at radius 3 is 2.44 bits per heavy atom. The van der Waals surface area contributed by atoms with Crippen LogP contribution in [0.3, 0.4) is 0 Å². The number of nitrogens with one attached hydrogen (secondary N) is 1. The van der Waals surface area contributed by atoms with Crippen LogP contribution in [-0.4, -0.2) is 32.3 Å². The van der Waals surface area contributed by atoms with Crippen molar-refractivity contribution in [2.24, 2.45) is 0 Å². The number of ether oxygens (including phenoxy) is 2. The molecule has 1 unspecified atom stereocenters. The third-order valence-electron chi connectivity index (χ3n) is 2.48. The predicted molar refractivity (Wildman–Crippen MR) is 70.9 cm³/mol. The lowest BCUT2D eigenvalue weighted by molar-refractivity contribution is -0.127. The number of carbonyl (C=O) groups is 1. The van der Waals surface area contributed by atoms with Crippen molar-refractivity contribution in [3.63, 3.8) is 0 Å². The van der Waals surface area contributed by atoms with Gasteiger partial charge in [0.15, 0.2) is 6.10 Å². The summed E-state index contributed by atoms with van der Waals surface area (Å²) in [4.78, 5) is 11.7. The molecule has 1 aromatic carbocycles. The Hall–Kier alpha value is -1.55. The summed E-state index contributed by atoms with van der Waals surface area (Å²) in [6.45, 7) is 6.74. The summed E-state index contributed by atoms with van der Waals surface area (Å²) in [7, 11) is 1.60. The summed E-state index contributed by atoms with van der Waals surface area (Å²) in [5, 5.41) is 2.74. The van der Waals surface area contributed by atoms with E-state index >= 15 is 0 Å². The minimum absolute atomic E-state index is 0.133. The lowest BCUT2D eigenvalue weighted by Crippen LogP contribution is -2.37. The van der Waals surface area contributed by atoms with Gasteiger partial charge in [-0.2, -0.15) is 0 Å². The molecule has 4 heteroatoms. The third kappa shape index (κ3) is 4.75. The molecular formula is C14H21NO3. The average molecular weight is 251 g/mol. The molecule has 4 nitrogen and oxygen atoms in total. The van der Waals surface area contributed by atoms with E-state index in [0.717, 1.165) is 16.9 Å². The smallest absolute Gasteiger partial charge is 0.260 e. The van der Waals surface area contributed by atoms with Crippen LogP contribution in [0, 0.1) is 13.8 Å². The number of benzene rings is 1. The Balaban J connectivity index is 2.52. The molecule has 0 aromatic heterocycles. The van der Waals surface area contributed by atoms with Crippen LogP contribution in [0.15, 0.2) is 18.2 Å². The molecule has 1 amide bonds. The van der Waals surface area contributed by atoms with E-state index in [1.165, 1.54) is 0 Å². The molecule has 0 saturated heterocycles. The molecule has 1 atom stereocenters. The quantitative estimate of drug-likeness (QED) is 0.785. The van der Waals surface area contributed by atoms with Crippen molar-refractivity contribution in [3.8, 4) is 5.75 Å². The number of hydrogen-bond acceptors (Lipinski definition) is 3. The molecule has 0 bridgehead atoms. The van der Waals surface area contributed by atoms with Crippen molar-refractivity contribution in [1.82, 2.24) is 5.32 Å². The molecule has 0 aliphatic rings. The maximum absolute atomic E-state index is 11.7. The van der Waals surface area contributed by atoms with E-state index in [1.807, 2.05) is 26.0 Å².